The van der Waals surface area contributed by atoms with E-state index >= 15 is 0 Å². The second-order valence-corrected chi connectivity index (χ2v) is 5.33. The Morgan fingerprint density at radius 2 is 2.18 bits per heavy atom. The molecule has 0 saturated heterocycles. The van der Waals surface area contributed by atoms with Crippen molar-refractivity contribution in [2.75, 3.05) is 30.4 Å². The number of hydrogen-bond acceptors (Lipinski definition) is 5. The van der Waals surface area contributed by atoms with E-state index in [1.807, 2.05) is 13.2 Å². The largest absolute Gasteiger partial charge is 0.396 e. The van der Waals surface area contributed by atoms with Crippen LogP contribution in [0.5, 0.6) is 0 Å². The van der Waals surface area contributed by atoms with Gasteiger partial charge in [-0.1, -0.05) is 6.92 Å². The third-order valence-corrected chi connectivity index (χ3v) is 4.31. The molecule has 1 heterocycles. The number of nitrogens with one attached hydrogen (secondary N) is 2. The summed E-state index contributed by atoms with van der Waals surface area (Å²) in [5, 5.41) is 7.09. The molecule has 0 fully saturated rings. The minimum Gasteiger partial charge on any atom is -0.396 e. The minimum atomic E-state index is -0.0881. The zero-order valence-corrected chi connectivity index (χ0v) is 12.1. The number of carbonyl (C=O) groups is 1. The molecule has 0 aromatic carbocycles. The third-order valence-electron chi connectivity index (χ3n) is 2.18. The van der Waals surface area contributed by atoms with Gasteiger partial charge in [-0.25, -0.2) is 0 Å². The Bertz CT molecular complexity index is 390. The summed E-state index contributed by atoms with van der Waals surface area (Å²) in [5.41, 5.74) is 6.60. The number of nitrogen functional groups attached to an aromatic ring is 1. The molecule has 96 valence electrons. The fourth-order valence-corrected chi connectivity index (χ4v) is 3.37. The van der Waals surface area contributed by atoms with Gasteiger partial charge >= 0.3 is 0 Å². The van der Waals surface area contributed by atoms with Gasteiger partial charge in [0.15, 0.2) is 0 Å². The first-order valence-electron chi connectivity index (χ1n) is 5.63. The molecule has 1 aromatic heterocycles. The van der Waals surface area contributed by atoms with Crippen LogP contribution in [0, 0.1) is 0 Å². The van der Waals surface area contributed by atoms with Crippen LogP contribution in [0.25, 0.3) is 0 Å². The van der Waals surface area contributed by atoms with Crippen LogP contribution < -0.4 is 16.4 Å². The van der Waals surface area contributed by atoms with Crippen LogP contribution in [0.3, 0.4) is 0 Å². The van der Waals surface area contributed by atoms with Crippen LogP contribution in [0.15, 0.2) is 4.90 Å². The van der Waals surface area contributed by atoms with Crippen LogP contribution in [-0.2, 0) is 0 Å². The molecule has 4 nitrogen and oxygen atoms in total. The van der Waals surface area contributed by atoms with Crippen molar-refractivity contribution < 1.29 is 4.79 Å². The van der Waals surface area contributed by atoms with E-state index in [0.29, 0.717) is 17.1 Å². The fraction of sp³-hybridized carbons (Fsp3) is 0.545. The Morgan fingerprint density at radius 1 is 1.47 bits per heavy atom. The lowest BCUT2D eigenvalue weighted by atomic mass is 10.3. The second kappa shape index (κ2) is 6.76. The Kier molecular flexibility index (Phi) is 5.64. The number of thioether (sulfide) groups is 1. The maximum Gasteiger partial charge on any atom is 0.263 e. The minimum absolute atomic E-state index is 0.0881. The highest BCUT2D eigenvalue weighted by Crippen LogP contribution is 2.41. The molecule has 6 heteroatoms. The lowest BCUT2D eigenvalue weighted by molar-refractivity contribution is 0.0960. The molecule has 0 aliphatic rings. The van der Waals surface area contributed by atoms with Crippen LogP contribution >= 0.6 is 23.1 Å². The molecule has 0 bridgehead atoms. The number of nitrogens with two attached hydrogens (primary N) is 1. The van der Waals surface area contributed by atoms with Crippen LogP contribution in [0.2, 0.25) is 0 Å². The maximum atomic E-state index is 11.8. The Labute approximate surface area is 110 Å². The van der Waals surface area contributed by atoms with Crippen molar-refractivity contribution in [2.45, 2.75) is 25.2 Å². The number of amides is 1. The van der Waals surface area contributed by atoms with E-state index in [-0.39, 0.29) is 5.91 Å². The van der Waals surface area contributed by atoms with E-state index in [2.05, 4.69) is 17.6 Å². The molecule has 0 aliphatic carbocycles. The zero-order valence-electron chi connectivity index (χ0n) is 10.4. The average Bonchev–Trinajstić information content (AvgIpc) is 2.63. The number of rotatable bonds is 6. The smallest absolute Gasteiger partial charge is 0.263 e. The van der Waals surface area contributed by atoms with E-state index in [9.17, 15) is 4.79 Å². The monoisotopic (exact) mass is 273 g/mol. The van der Waals surface area contributed by atoms with Crippen molar-refractivity contribution in [2.24, 2.45) is 0 Å². The van der Waals surface area contributed by atoms with Crippen molar-refractivity contribution in [1.82, 2.24) is 5.32 Å². The summed E-state index contributed by atoms with van der Waals surface area (Å²) in [4.78, 5) is 13.4. The van der Waals surface area contributed by atoms with Crippen molar-refractivity contribution >= 4 is 39.7 Å². The molecule has 0 atom stereocenters. The van der Waals surface area contributed by atoms with Gasteiger partial charge in [-0.3, -0.25) is 4.79 Å². The van der Waals surface area contributed by atoms with Crippen LogP contribution in [0.1, 0.15) is 29.9 Å². The highest BCUT2D eigenvalue weighted by Gasteiger charge is 2.19. The van der Waals surface area contributed by atoms with Gasteiger partial charge in [0.2, 0.25) is 0 Å². The van der Waals surface area contributed by atoms with Gasteiger partial charge in [0.25, 0.3) is 5.91 Å². The first-order valence-corrected chi connectivity index (χ1v) is 7.68. The lowest BCUT2D eigenvalue weighted by Gasteiger charge is -2.03. The van der Waals surface area contributed by atoms with Gasteiger partial charge in [-0.05, 0) is 19.6 Å². The Morgan fingerprint density at radius 3 is 2.71 bits per heavy atom. The van der Waals surface area contributed by atoms with Crippen LogP contribution in [-0.4, -0.2) is 25.3 Å². The first-order chi connectivity index (χ1) is 8.15. The molecular formula is C11H19N3OS2. The topological polar surface area (TPSA) is 67.2 Å². The van der Waals surface area contributed by atoms with Crippen molar-refractivity contribution in [1.29, 1.82) is 0 Å². The summed E-state index contributed by atoms with van der Waals surface area (Å²) >= 11 is 3.00. The van der Waals surface area contributed by atoms with Crippen molar-refractivity contribution in [3.05, 3.63) is 4.88 Å². The lowest BCUT2D eigenvalue weighted by Crippen LogP contribution is -2.22. The molecule has 17 heavy (non-hydrogen) atoms. The highest BCUT2D eigenvalue weighted by atomic mass is 32.2. The summed E-state index contributed by atoms with van der Waals surface area (Å²) in [6.07, 6.45) is 3.01. The fourth-order valence-electron chi connectivity index (χ4n) is 1.40. The van der Waals surface area contributed by atoms with Gasteiger partial charge in [-0.15, -0.1) is 23.1 Å². The molecular weight excluding hydrogens is 254 g/mol. The summed E-state index contributed by atoms with van der Waals surface area (Å²) < 4.78 is 0. The molecule has 1 aromatic rings. The quantitative estimate of drug-likeness (QED) is 0.697. The van der Waals surface area contributed by atoms with E-state index in [1.165, 1.54) is 11.3 Å². The zero-order chi connectivity index (χ0) is 12.8. The van der Waals surface area contributed by atoms with E-state index in [4.69, 9.17) is 5.73 Å². The number of thiophene rings is 1. The van der Waals surface area contributed by atoms with Gasteiger partial charge in [0, 0.05) is 13.1 Å². The Balaban J connectivity index is 2.99. The molecule has 0 unspecified atom stereocenters. The first kappa shape index (κ1) is 14.2. The second-order valence-electron chi connectivity index (χ2n) is 3.49. The number of carbonyl (C=O) groups excluding carboxylic acids is 1. The SMILES string of the molecule is CCCNc1sc(C(=O)NCC)c(N)c1SC. The standard InChI is InChI=1S/C11H19N3OS2/c1-4-6-14-11-9(16-3)7(12)8(17-11)10(15)13-5-2/h14H,4-6,12H2,1-3H3,(H,13,15). The maximum absolute atomic E-state index is 11.8. The van der Waals surface area contributed by atoms with Crippen LogP contribution in [0.4, 0.5) is 10.7 Å². The number of anilines is 2. The molecule has 1 amide bonds. The van der Waals surface area contributed by atoms with E-state index in [0.717, 1.165) is 22.9 Å². The predicted molar refractivity (Wildman–Crippen MR) is 77.3 cm³/mol. The normalized spacial score (nSPS) is 10.3. The summed E-state index contributed by atoms with van der Waals surface area (Å²) in [7, 11) is 0. The molecule has 0 aliphatic heterocycles. The van der Waals surface area contributed by atoms with E-state index in [1.54, 1.807) is 11.8 Å². The molecule has 0 saturated carbocycles. The molecule has 0 spiro atoms. The van der Waals surface area contributed by atoms with Crippen molar-refractivity contribution in [3.8, 4) is 0 Å². The molecule has 0 radical (unpaired) electrons. The summed E-state index contributed by atoms with van der Waals surface area (Å²) in [6, 6.07) is 0. The van der Waals surface area contributed by atoms with E-state index < -0.39 is 0 Å². The summed E-state index contributed by atoms with van der Waals surface area (Å²) in [5.74, 6) is -0.0881. The van der Waals surface area contributed by atoms with Gasteiger partial charge in [0.05, 0.1) is 10.6 Å². The summed E-state index contributed by atoms with van der Waals surface area (Å²) in [6.45, 7) is 5.51. The number of hydrogen-bond donors (Lipinski definition) is 3. The Hall–Kier alpha value is -0.880. The highest BCUT2D eigenvalue weighted by molar-refractivity contribution is 7.99. The van der Waals surface area contributed by atoms with Gasteiger partial charge in [-0.2, -0.15) is 0 Å². The predicted octanol–water partition coefficient (Wildman–Crippen LogP) is 2.62. The van der Waals surface area contributed by atoms with Crippen molar-refractivity contribution in [3.63, 3.8) is 0 Å². The third kappa shape index (κ3) is 3.29. The van der Waals surface area contributed by atoms with Gasteiger partial charge in [0.1, 0.15) is 9.88 Å². The van der Waals surface area contributed by atoms with Gasteiger partial charge < -0.3 is 16.4 Å². The molecule has 1 rings (SSSR count). The average molecular weight is 273 g/mol. The molecule has 4 N–H and O–H groups in total.